The van der Waals surface area contributed by atoms with E-state index in [2.05, 4.69) is 10.4 Å². The molecule has 0 unspecified atom stereocenters. The van der Waals surface area contributed by atoms with Gasteiger partial charge in [0, 0.05) is 18.0 Å². The zero-order valence-corrected chi connectivity index (χ0v) is 16.6. The van der Waals surface area contributed by atoms with Crippen molar-refractivity contribution in [2.45, 2.75) is 62.7 Å². The van der Waals surface area contributed by atoms with E-state index >= 15 is 0 Å². The minimum absolute atomic E-state index is 0. The number of rotatable bonds is 4. The fraction of sp³-hybridized carbons (Fsp3) is 0.500. The van der Waals surface area contributed by atoms with Crippen LogP contribution in [0.25, 0.3) is 5.69 Å². The monoisotopic (exact) mass is 428 g/mol. The SMILES string of the molecule is Cl.NC1CCC(NC(=O)c2cnn(-c3cccc(C(F)(F)F)c3)c2C2CC2)CC1. The van der Waals surface area contributed by atoms with E-state index in [-0.39, 0.29) is 36.3 Å². The van der Waals surface area contributed by atoms with Crippen molar-refractivity contribution in [1.29, 1.82) is 0 Å². The number of nitrogens with one attached hydrogen (secondary N) is 1. The number of nitrogens with two attached hydrogens (primary N) is 1. The van der Waals surface area contributed by atoms with Crippen molar-refractivity contribution < 1.29 is 18.0 Å². The summed E-state index contributed by atoms with van der Waals surface area (Å²) in [6.45, 7) is 0. The number of carbonyl (C=O) groups excluding carboxylic acids is 1. The summed E-state index contributed by atoms with van der Waals surface area (Å²) in [6.07, 6.45) is 2.30. The fourth-order valence-electron chi connectivity index (χ4n) is 3.83. The summed E-state index contributed by atoms with van der Waals surface area (Å²) in [5, 5.41) is 7.32. The van der Waals surface area contributed by atoms with E-state index in [1.807, 2.05) is 0 Å². The van der Waals surface area contributed by atoms with E-state index in [0.29, 0.717) is 16.9 Å². The Morgan fingerprint density at radius 2 is 1.83 bits per heavy atom. The lowest BCUT2D eigenvalue weighted by atomic mass is 9.91. The van der Waals surface area contributed by atoms with Gasteiger partial charge in [-0.05, 0) is 56.7 Å². The van der Waals surface area contributed by atoms with Gasteiger partial charge in [-0.15, -0.1) is 12.4 Å². The Hall–Kier alpha value is -2.06. The molecule has 0 aliphatic heterocycles. The van der Waals surface area contributed by atoms with Gasteiger partial charge in [0.1, 0.15) is 0 Å². The van der Waals surface area contributed by atoms with Crippen LogP contribution in [0.2, 0.25) is 0 Å². The molecule has 2 aromatic rings. The molecule has 1 amide bonds. The number of amides is 1. The molecule has 0 atom stereocenters. The summed E-state index contributed by atoms with van der Waals surface area (Å²) in [6, 6.07) is 5.32. The van der Waals surface area contributed by atoms with Crippen LogP contribution in [-0.4, -0.2) is 27.8 Å². The van der Waals surface area contributed by atoms with Crippen molar-refractivity contribution in [3.63, 3.8) is 0 Å². The zero-order valence-electron chi connectivity index (χ0n) is 15.8. The highest BCUT2D eigenvalue weighted by atomic mass is 35.5. The van der Waals surface area contributed by atoms with Crippen LogP contribution in [0.3, 0.4) is 0 Å². The lowest BCUT2D eigenvalue weighted by molar-refractivity contribution is -0.137. The van der Waals surface area contributed by atoms with Gasteiger partial charge in [-0.3, -0.25) is 4.79 Å². The lowest BCUT2D eigenvalue weighted by Crippen LogP contribution is -2.40. The second-order valence-corrected chi connectivity index (χ2v) is 7.76. The topological polar surface area (TPSA) is 72.9 Å². The first kappa shape index (κ1) is 21.6. The van der Waals surface area contributed by atoms with Gasteiger partial charge in [0.25, 0.3) is 5.91 Å². The van der Waals surface area contributed by atoms with Crippen LogP contribution >= 0.6 is 12.4 Å². The highest BCUT2D eigenvalue weighted by molar-refractivity contribution is 5.95. The Morgan fingerprint density at radius 1 is 1.14 bits per heavy atom. The summed E-state index contributed by atoms with van der Waals surface area (Å²) < 4.78 is 40.7. The van der Waals surface area contributed by atoms with Gasteiger partial charge in [0.05, 0.1) is 28.7 Å². The first-order valence-corrected chi connectivity index (χ1v) is 9.65. The van der Waals surface area contributed by atoms with Crippen molar-refractivity contribution >= 4 is 18.3 Å². The van der Waals surface area contributed by atoms with E-state index in [9.17, 15) is 18.0 Å². The maximum absolute atomic E-state index is 13.1. The van der Waals surface area contributed by atoms with Crippen LogP contribution in [0.1, 0.15) is 66.1 Å². The Bertz CT molecular complexity index is 871. The highest BCUT2D eigenvalue weighted by Crippen LogP contribution is 2.43. The number of carbonyl (C=O) groups is 1. The standard InChI is InChI=1S/C20H23F3N4O.ClH/c21-20(22,23)13-2-1-3-16(10-13)27-18(12-4-5-12)17(11-25-27)19(28)26-15-8-6-14(24)7-9-15;/h1-3,10-12,14-15H,4-9,24H2,(H,26,28);1H. The van der Waals surface area contributed by atoms with E-state index < -0.39 is 11.7 Å². The second-order valence-electron chi connectivity index (χ2n) is 7.76. The molecule has 0 radical (unpaired) electrons. The molecule has 2 fully saturated rings. The van der Waals surface area contributed by atoms with Crippen molar-refractivity contribution in [1.82, 2.24) is 15.1 Å². The molecule has 1 heterocycles. The van der Waals surface area contributed by atoms with E-state index in [1.54, 1.807) is 6.07 Å². The first-order chi connectivity index (χ1) is 13.3. The predicted molar refractivity (Wildman–Crippen MR) is 105 cm³/mol. The van der Waals surface area contributed by atoms with Crippen LogP contribution in [0.15, 0.2) is 30.5 Å². The van der Waals surface area contributed by atoms with Crippen molar-refractivity contribution in [2.75, 3.05) is 0 Å². The van der Waals surface area contributed by atoms with Crippen LogP contribution < -0.4 is 11.1 Å². The molecule has 158 valence electrons. The molecule has 2 aliphatic carbocycles. The number of halogens is 4. The molecular weight excluding hydrogens is 405 g/mol. The number of benzene rings is 1. The molecule has 9 heteroatoms. The number of hydrogen-bond acceptors (Lipinski definition) is 3. The first-order valence-electron chi connectivity index (χ1n) is 9.65. The molecule has 29 heavy (non-hydrogen) atoms. The van der Waals surface area contributed by atoms with Crippen molar-refractivity contribution in [3.8, 4) is 5.69 Å². The zero-order chi connectivity index (χ0) is 19.9. The molecule has 2 aliphatic rings. The Balaban J connectivity index is 0.00000240. The van der Waals surface area contributed by atoms with Crippen LogP contribution in [0.5, 0.6) is 0 Å². The normalized spacial score (nSPS) is 22.1. The average Bonchev–Trinajstić information content (AvgIpc) is 3.40. The molecular formula is C20H24ClF3N4O. The second kappa shape index (κ2) is 8.36. The van der Waals surface area contributed by atoms with Crippen molar-refractivity contribution in [2.24, 2.45) is 5.73 Å². The number of alkyl halides is 3. The van der Waals surface area contributed by atoms with Crippen LogP contribution in [0.4, 0.5) is 13.2 Å². The average molecular weight is 429 g/mol. The third-order valence-electron chi connectivity index (χ3n) is 5.54. The third kappa shape index (κ3) is 4.75. The fourth-order valence-corrected chi connectivity index (χ4v) is 3.83. The van der Waals surface area contributed by atoms with Gasteiger partial charge in [0.2, 0.25) is 0 Å². The quantitative estimate of drug-likeness (QED) is 0.766. The molecule has 4 rings (SSSR count). The lowest BCUT2D eigenvalue weighted by Gasteiger charge is -2.26. The van der Waals surface area contributed by atoms with Gasteiger partial charge < -0.3 is 11.1 Å². The van der Waals surface area contributed by atoms with Gasteiger partial charge >= 0.3 is 6.18 Å². The van der Waals surface area contributed by atoms with Gasteiger partial charge in [0.15, 0.2) is 0 Å². The number of nitrogens with zero attached hydrogens (tertiary/aromatic N) is 2. The van der Waals surface area contributed by atoms with Gasteiger partial charge in [-0.1, -0.05) is 6.07 Å². The summed E-state index contributed by atoms with van der Waals surface area (Å²) in [5.41, 5.74) is 6.66. The molecule has 0 saturated heterocycles. The molecule has 2 saturated carbocycles. The summed E-state index contributed by atoms with van der Waals surface area (Å²) in [7, 11) is 0. The Labute approximate surface area is 173 Å². The highest BCUT2D eigenvalue weighted by Gasteiger charge is 2.35. The Kier molecular flexibility index (Phi) is 6.24. The molecule has 5 nitrogen and oxygen atoms in total. The molecule has 0 bridgehead atoms. The van der Waals surface area contributed by atoms with Crippen molar-refractivity contribution in [3.05, 3.63) is 47.3 Å². The largest absolute Gasteiger partial charge is 0.416 e. The van der Waals surface area contributed by atoms with Gasteiger partial charge in [-0.2, -0.15) is 18.3 Å². The molecule has 1 aromatic heterocycles. The molecule has 3 N–H and O–H groups in total. The third-order valence-corrected chi connectivity index (χ3v) is 5.54. The minimum atomic E-state index is -4.43. The smallest absolute Gasteiger partial charge is 0.349 e. The summed E-state index contributed by atoms with van der Waals surface area (Å²) in [4.78, 5) is 12.8. The predicted octanol–water partition coefficient (Wildman–Crippen LogP) is 4.19. The van der Waals surface area contributed by atoms with Crippen LogP contribution in [-0.2, 0) is 6.18 Å². The molecule has 0 spiro atoms. The number of aromatic nitrogens is 2. The van der Waals surface area contributed by atoms with E-state index in [0.717, 1.165) is 50.7 Å². The van der Waals surface area contributed by atoms with E-state index in [1.165, 1.54) is 16.9 Å². The maximum atomic E-state index is 13.1. The minimum Gasteiger partial charge on any atom is -0.349 e. The molecule has 1 aromatic carbocycles. The Morgan fingerprint density at radius 3 is 2.45 bits per heavy atom. The van der Waals surface area contributed by atoms with Gasteiger partial charge in [-0.25, -0.2) is 4.68 Å². The van der Waals surface area contributed by atoms with Crippen LogP contribution in [0, 0.1) is 0 Å². The van der Waals surface area contributed by atoms with E-state index in [4.69, 9.17) is 5.73 Å². The summed E-state index contributed by atoms with van der Waals surface area (Å²) >= 11 is 0. The maximum Gasteiger partial charge on any atom is 0.416 e. The number of hydrogen-bond donors (Lipinski definition) is 2. The summed E-state index contributed by atoms with van der Waals surface area (Å²) in [5.74, 6) is -0.0573.